The van der Waals surface area contributed by atoms with E-state index >= 15 is 0 Å². The largest absolute Gasteiger partial charge is 0.508 e. The Bertz CT molecular complexity index is 1330. The van der Waals surface area contributed by atoms with E-state index < -0.39 is 0 Å². The Morgan fingerprint density at radius 2 is 1.74 bits per heavy atom. The minimum absolute atomic E-state index is 0.330. The number of nitrogens with one attached hydrogen (secondary N) is 1. The standard InChI is InChI=1S/C29H30N4O2/c1-35-24-13-9-21(10-14-24)11-16-28-31-26-8-4-3-7-25(26)29(32-28)30-23-12-15-27(34)22(19-23)20-33-17-5-2-6-18-33/h3-4,7-16,19,34H,2,5-6,17-18,20H2,1H3,(H,30,31,32). The zero-order chi connectivity index (χ0) is 24.0. The summed E-state index contributed by atoms with van der Waals surface area (Å²) in [5.74, 6) is 2.51. The number of hydrogen-bond acceptors (Lipinski definition) is 6. The van der Waals surface area contributed by atoms with Crippen molar-refractivity contribution in [1.82, 2.24) is 14.9 Å². The van der Waals surface area contributed by atoms with E-state index in [2.05, 4.69) is 10.2 Å². The molecule has 1 fully saturated rings. The number of anilines is 2. The topological polar surface area (TPSA) is 70.5 Å². The van der Waals surface area contributed by atoms with Crippen molar-refractivity contribution in [1.29, 1.82) is 0 Å². The summed E-state index contributed by atoms with van der Waals surface area (Å²) < 4.78 is 5.24. The van der Waals surface area contributed by atoms with Gasteiger partial charge in [-0.05, 0) is 80.0 Å². The van der Waals surface area contributed by atoms with Crippen molar-refractivity contribution in [2.75, 3.05) is 25.5 Å². The average Bonchev–Trinajstić information content (AvgIpc) is 2.90. The third-order valence-electron chi connectivity index (χ3n) is 6.35. The molecule has 0 saturated carbocycles. The number of nitrogens with zero attached hydrogens (tertiary/aromatic N) is 3. The van der Waals surface area contributed by atoms with Gasteiger partial charge < -0.3 is 15.2 Å². The molecule has 1 aromatic heterocycles. The van der Waals surface area contributed by atoms with E-state index in [1.54, 1.807) is 13.2 Å². The van der Waals surface area contributed by atoms with Crippen LogP contribution < -0.4 is 10.1 Å². The van der Waals surface area contributed by atoms with E-state index in [0.29, 0.717) is 11.6 Å². The number of likely N-dealkylation sites (tertiary alicyclic amines) is 1. The normalized spacial score (nSPS) is 14.4. The number of piperidine rings is 1. The minimum Gasteiger partial charge on any atom is -0.508 e. The highest BCUT2D eigenvalue weighted by molar-refractivity contribution is 5.91. The van der Waals surface area contributed by atoms with Crippen LogP contribution >= 0.6 is 0 Å². The van der Waals surface area contributed by atoms with Gasteiger partial charge in [0, 0.05) is 23.2 Å². The first kappa shape index (κ1) is 22.9. The third kappa shape index (κ3) is 5.61. The van der Waals surface area contributed by atoms with Gasteiger partial charge >= 0.3 is 0 Å². The molecule has 2 N–H and O–H groups in total. The van der Waals surface area contributed by atoms with Crippen molar-refractivity contribution >= 4 is 34.6 Å². The Balaban J connectivity index is 1.42. The number of fused-ring (bicyclic) bond motifs is 1. The SMILES string of the molecule is COc1ccc(C=Cc2nc(Nc3ccc(O)c(CN4CCCCC4)c3)c3ccccc3n2)cc1. The molecule has 6 heteroatoms. The summed E-state index contributed by atoms with van der Waals surface area (Å²) in [4.78, 5) is 11.9. The zero-order valence-electron chi connectivity index (χ0n) is 19.9. The highest BCUT2D eigenvalue weighted by Gasteiger charge is 2.14. The van der Waals surface area contributed by atoms with E-state index in [0.717, 1.165) is 58.9 Å². The second kappa shape index (κ2) is 10.6. The quantitative estimate of drug-likeness (QED) is 0.314. The lowest BCUT2D eigenvalue weighted by Crippen LogP contribution is -2.29. The molecule has 0 atom stereocenters. The molecule has 2 heterocycles. The summed E-state index contributed by atoms with van der Waals surface area (Å²) in [5, 5.41) is 14.9. The lowest BCUT2D eigenvalue weighted by molar-refractivity contribution is 0.218. The second-order valence-electron chi connectivity index (χ2n) is 8.86. The Morgan fingerprint density at radius 1 is 0.943 bits per heavy atom. The van der Waals surface area contributed by atoms with Gasteiger partial charge in [-0.3, -0.25) is 4.90 Å². The molecular weight excluding hydrogens is 436 g/mol. The molecule has 0 spiro atoms. The fourth-order valence-electron chi connectivity index (χ4n) is 4.44. The summed E-state index contributed by atoms with van der Waals surface area (Å²) in [5.41, 5.74) is 3.73. The summed E-state index contributed by atoms with van der Waals surface area (Å²) in [7, 11) is 1.66. The summed E-state index contributed by atoms with van der Waals surface area (Å²) >= 11 is 0. The van der Waals surface area contributed by atoms with Crippen molar-refractivity contribution in [2.24, 2.45) is 0 Å². The lowest BCUT2D eigenvalue weighted by Gasteiger charge is -2.26. The summed E-state index contributed by atoms with van der Waals surface area (Å²) in [6.07, 6.45) is 7.64. The summed E-state index contributed by atoms with van der Waals surface area (Å²) in [6, 6.07) is 21.5. The number of benzene rings is 3. The Kier molecular flexibility index (Phi) is 6.91. The van der Waals surface area contributed by atoms with Gasteiger partial charge in [0.25, 0.3) is 0 Å². The molecule has 1 saturated heterocycles. The van der Waals surface area contributed by atoms with E-state index in [-0.39, 0.29) is 0 Å². The number of rotatable bonds is 7. The number of aromatic nitrogens is 2. The maximum Gasteiger partial charge on any atom is 0.154 e. The van der Waals surface area contributed by atoms with Crippen LogP contribution in [0, 0.1) is 0 Å². The smallest absolute Gasteiger partial charge is 0.154 e. The van der Waals surface area contributed by atoms with Crippen molar-refractivity contribution in [3.05, 3.63) is 83.7 Å². The predicted molar refractivity (Wildman–Crippen MR) is 142 cm³/mol. The molecule has 0 unspecified atom stereocenters. The van der Waals surface area contributed by atoms with Gasteiger partial charge in [0.15, 0.2) is 5.82 Å². The van der Waals surface area contributed by atoms with Gasteiger partial charge in [-0.25, -0.2) is 9.97 Å². The van der Waals surface area contributed by atoms with Crippen LogP contribution in [0.25, 0.3) is 23.1 Å². The fourth-order valence-corrected chi connectivity index (χ4v) is 4.44. The second-order valence-corrected chi connectivity index (χ2v) is 8.86. The molecule has 178 valence electrons. The first-order chi connectivity index (χ1) is 17.2. The van der Waals surface area contributed by atoms with E-state index in [9.17, 15) is 5.11 Å². The molecule has 5 rings (SSSR count). The van der Waals surface area contributed by atoms with Gasteiger partial charge in [0.2, 0.25) is 0 Å². The number of phenolic OH excluding ortho intramolecular Hbond substituents is 1. The minimum atomic E-state index is 0.330. The van der Waals surface area contributed by atoms with E-state index in [1.165, 1.54) is 19.3 Å². The predicted octanol–water partition coefficient (Wildman–Crippen LogP) is 6.24. The van der Waals surface area contributed by atoms with Gasteiger partial charge in [0.05, 0.1) is 12.6 Å². The molecule has 1 aliphatic heterocycles. The molecule has 0 radical (unpaired) electrons. The van der Waals surface area contributed by atoms with Gasteiger partial charge in [-0.2, -0.15) is 0 Å². The maximum atomic E-state index is 10.5. The molecule has 0 aliphatic carbocycles. The fraction of sp³-hybridized carbons (Fsp3) is 0.241. The van der Waals surface area contributed by atoms with Crippen LogP contribution in [0.5, 0.6) is 11.5 Å². The zero-order valence-corrected chi connectivity index (χ0v) is 19.9. The highest BCUT2D eigenvalue weighted by Crippen LogP contribution is 2.29. The molecule has 6 nitrogen and oxygen atoms in total. The number of ether oxygens (including phenoxy) is 1. The van der Waals surface area contributed by atoms with Gasteiger partial charge in [-0.15, -0.1) is 0 Å². The first-order valence-corrected chi connectivity index (χ1v) is 12.1. The average molecular weight is 467 g/mol. The Hall–Kier alpha value is -3.90. The molecule has 1 aliphatic rings. The van der Waals surface area contributed by atoms with E-state index in [1.807, 2.05) is 72.8 Å². The van der Waals surface area contributed by atoms with Crippen LogP contribution in [-0.2, 0) is 6.54 Å². The first-order valence-electron chi connectivity index (χ1n) is 12.1. The van der Waals surface area contributed by atoms with Crippen molar-refractivity contribution < 1.29 is 9.84 Å². The number of methoxy groups -OCH3 is 1. The molecule has 0 bridgehead atoms. The van der Waals surface area contributed by atoms with Crippen LogP contribution in [-0.4, -0.2) is 40.2 Å². The number of phenols is 1. The van der Waals surface area contributed by atoms with E-state index in [4.69, 9.17) is 14.7 Å². The van der Waals surface area contributed by atoms with Crippen molar-refractivity contribution in [3.63, 3.8) is 0 Å². The van der Waals surface area contributed by atoms with Crippen LogP contribution in [0.4, 0.5) is 11.5 Å². The van der Waals surface area contributed by atoms with Crippen molar-refractivity contribution in [2.45, 2.75) is 25.8 Å². The van der Waals surface area contributed by atoms with Crippen molar-refractivity contribution in [3.8, 4) is 11.5 Å². The Morgan fingerprint density at radius 3 is 2.54 bits per heavy atom. The number of para-hydroxylation sites is 1. The molecular formula is C29H30N4O2. The lowest BCUT2D eigenvalue weighted by atomic mass is 10.1. The molecule has 4 aromatic rings. The van der Waals surface area contributed by atoms with Crippen LogP contribution in [0.2, 0.25) is 0 Å². The van der Waals surface area contributed by atoms with Gasteiger partial charge in [-0.1, -0.05) is 36.8 Å². The third-order valence-corrected chi connectivity index (χ3v) is 6.35. The number of hydrogen-bond donors (Lipinski definition) is 2. The summed E-state index contributed by atoms with van der Waals surface area (Å²) in [6.45, 7) is 2.91. The van der Waals surface area contributed by atoms with Crippen LogP contribution in [0.1, 0.15) is 36.2 Å². The monoisotopic (exact) mass is 466 g/mol. The number of aromatic hydroxyl groups is 1. The Labute approximate surface area is 205 Å². The molecule has 0 amide bonds. The molecule has 3 aromatic carbocycles. The van der Waals surface area contributed by atoms with Crippen LogP contribution in [0.15, 0.2) is 66.7 Å². The maximum absolute atomic E-state index is 10.5. The van der Waals surface area contributed by atoms with Gasteiger partial charge in [0.1, 0.15) is 17.3 Å². The highest BCUT2D eigenvalue weighted by atomic mass is 16.5. The molecule has 35 heavy (non-hydrogen) atoms. The van der Waals surface area contributed by atoms with Crippen LogP contribution in [0.3, 0.4) is 0 Å².